The molecule has 2 atom stereocenters. The van der Waals surface area contributed by atoms with E-state index in [-0.39, 0.29) is 0 Å². The van der Waals surface area contributed by atoms with Crippen LogP contribution in [0.1, 0.15) is 40.2 Å². The molecule has 2 heterocycles. The van der Waals surface area contributed by atoms with Crippen LogP contribution in [0.5, 0.6) is 11.5 Å². The van der Waals surface area contributed by atoms with Gasteiger partial charge in [-0.25, -0.2) is 0 Å². The quantitative estimate of drug-likeness (QED) is 0.827. The fraction of sp³-hybridized carbons (Fsp3) is 0.435. The molecule has 1 fully saturated rings. The lowest BCUT2D eigenvalue weighted by atomic mass is 9.78. The number of hydrogen-bond donors (Lipinski definition) is 0. The van der Waals surface area contributed by atoms with Crippen molar-refractivity contribution in [1.82, 2.24) is 4.90 Å². The number of likely N-dealkylation sites (N-methyl/N-ethyl adjacent to an activating group) is 1. The van der Waals surface area contributed by atoms with Crippen molar-refractivity contribution in [3.63, 3.8) is 0 Å². The minimum atomic E-state index is 0.323. The first-order valence-corrected chi connectivity index (χ1v) is 9.62. The van der Waals surface area contributed by atoms with E-state index in [9.17, 15) is 0 Å². The molecule has 4 rings (SSSR count). The van der Waals surface area contributed by atoms with E-state index < -0.39 is 0 Å². The summed E-state index contributed by atoms with van der Waals surface area (Å²) < 4.78 is 11.2. The molecule has 4 nitrogen and oxygen atoms in total. The third-order valence-electron chi connectivity index (χ3n) is 6.06. The largest absolute Gasteiger partial charge is 0.493 e. The van der Waals surface area contributed by atoms with Gasteiger partial charge in [0, 0.05) is 23.6 Å². The molecule has 142 valence electrons. The Morgan fingerprint density at radius 2 is 1.74 bits per heavy atom. The summed E-state index contributed by atoms with van der Waals surface area (Å²) in [5.41, 5.74) is 7.37. The van der Waals surface area contributed by atoms with Crippen LogP contribution in [0, 0.1) is 13.8 Å². The van der Waals surface area contributed by atoms with E-state index in [1.165, 1.54) is 27.8 Å². The summed E-state index contributed by atoms with van der Waals surface area (Å²) in [6.07, 6.45) is 1.09. The number of ether oxygens (including phenoxy) is 2. The molecule has 2 aliphatic heterocycles. The van der Waals surface area contributed by atoms with Gasteiger partial charge in [-0.2, -0.15) is 0 Å². The van der Waals surface area contributed by atoms with Gasteiger partial charge in [0.1, 0.15) is 0 Å². The van der Waals surface area contributed by atoms with Crippen molar-refractivity contribution >= 4 is 5.71 Å². The molecule has 0 aliphatic carbocycles. The average Bonchev–Trinajstić information content (AvgIpc) is 2.68. The summed E-state index contributed by atoms with van der Waals surface area (Å²) in [5, 5.41) is 0. The van der Waals surface area contributed by atoms with E-state index in [1.54, 1.807) is 14.2 Å². The Morgan fingerprint density at radius 3 is 2.44 bits per heavy atom. The second kappa shape index (κ2) is 7.01. The van der Waals surface area contributed by atoms with Crippen LogP contribution in [-0.2, 0) is 0 Å². The van der Waals surface area contributed by atoms with Crippen molar-refractivity contribution < 1.29 is 9.47 Å². The maximum atomic E-state index is 5.61. The van der Waals surface area contributed by atoms with E-state index in [0.29, 0.717) is 12.0 Å². The van der Waals surface area contributed by atoms with E-state index >= 15 is 0 Å². The topological polar surface area (TPSA) is 34.1 Å². The highest BCUT2D eigenvalue weighted by atomic mass is 16.5. The molecule has 0 saturated carbocycles. The van der Waals surface area contributed by atoms with Crippen LogP contribution in [0.4, 0.5) is 0 Å². The number of aliphatic imine (C=N–C) groups is 1. The van der Waals surface area contributed by atoms with Crippen LogP contribution >= 0.6 is 0 Å². The lowest BCUT2D eigenvalue weighted by Crippen LogP contribution is -2.41. The SMILES string of the molecule is COc1cc2c(cc1OC)[C@@H]1CN(C)CC[C@@H]1N=C2c1ccc(C)c(C)c1. The molecule has 0 N–H and O–H groups in total. The lowest BCUT2D eigenvalue weighted by Gasteiger charge is -2.39. The first kappa shape index (κ1) is 18.1. The highest BCUT2D eigenvalue weighted by Gasteiger charge is 2.36. The van der Waals surface area contributed by atoms with Gasteiger partial charge in [-0.1, -0.05) is 12.1 Å². The molecule has 0 bridgehead atoms. The molecule has 0 aromatic heterocycles. The first-order chi connectivity index (χ1) is 13.0. The lowest BCUT2D eigenvalue weighted by molar-refractivity contribution is 0.227. The molecule has 0 radical (unpaired) electrons. The fourth-order valence-corrected chi connectivity index (χ4v) is 4.32. The standard InChI is InChI=1S/C23H28N2O2/c1-14-6-7-16(10-15(14)2)23-18-12-22(27-5)21(26-4)11-17(18)19-13-25(3)9-8-20(19)24-23/h6-7,10-12,19-20H,8-9,13H2,1-5H3/t19-,20-/m0/s1. The number of nitrogens with zero attached hydrogens (tertiary/aromatic N) is 2. The number of rotatable bonds is 3. The number of fused-ring (bicyclic) bond motifs is 3. The van der Waals surface area contributed by atoms with E-state index in [2.05, 4.69) is 56.1 Å². The minimum absolute atomic E-state index is 0.323. The van der Waals surface area contributed by atoms with Crippen molar-refractivity contribution in [1.29, 1.82) is 0 Å². The van der Waals surface area contributed by atoms with Crippen LogP contribution in [0.25, 0.3) is 0 Å². The molecule has 0 spiro atoms. The Labute approximate surface area is 161 Å². The molecule has 2 aromatic rings. The van der Waals surface area contributed by atoms with Gasteiger partial charge >= 0.3 is 0 Å². The molecule has 2 aromatic carbocycles. The summed E-state index contributed by atoms with van der Waals surface area (Å²) >= 11 is 0. The van der Waals surface area contributed by atoms with Gasteiger partial charge in [0.05, 0.1) is 26.0 Å². The molecule has 0 amide bonds. The van der Waals surface area contributed by atoms with Crippen molar-refractivity contribution in [3.05, 3.63) is 58.1 Å². The van der Waals surface area contributed by atoms with Crippen molar-refractivity contribution in [2.24, 2.45) is 4.99 Å². The van der Waals surface area contributed by atoms with Gasteiger partial charge in [0.2, 0.25) is 0 Å². The Morgan fingerprint density at radius 1 is 1.00 bits per heavy atom. The fourth-order valence-electron chi connectivity index (χ4n) is 4.32. The smallest absolute Gasteiger partial charge is 0.161 e. The maximum absolute atomic E-state index is 5.61. The third-order valence-corrected chi connectivity index (χ3v) is 6.06. The van der Waals surface area contributed by atoms with Crippen LogP contribution in [0.2, 0.25) is 0 Å². The van der Waals surface area contributed by atoms with Gasteiger partial charge in [-0.3, -0.25) is 4.99 Å². The number of methoxy groups -OCH3 is 2. The number of benzene rings is 2. The Hall–Kier alpha value is -2.33. The predicted molar refractivity (Wildman–Crippen MR) is 110 cm³/mol. The molecular weight excluding hydrogens is 336 g/mol. The molecular formula is C23H28N2O2. The highest BCUT2D eigenvalue weighted by molar-refractivity contribution is 6.15. The van der Waals surface area contributed by atoms with Crippen molar-refractivity contribution in [2.45, 2.75) is 32.2 Å². The maximum Gasteiger partial charge on any atom is 0.161 e. The van der Waals surface area contributed by atoms with Crippen molar-refractivity contribution in [2.75, 3.05) is 34.4 Å². The van der Waals surface area contributed by atoms with Crippen LogP contribution < -0.4 is 9.47 Å². The van der Waals surface area contributed by atoms with Gasteiger partial charge in [0.25, 0.3) is 0 Å². The average molecular weight is 364 g/mol. The van der Waals surface area contributed by atoms with E-state index in [4.69, 9.17) is 14.5 Å². The van der Waals surface area contributed by atoms with E-state index in [1.807, 2.05) is 0 Å². The molecule has 4 heteroatoms. The zero-order valence-corrected chi connectivity index (χ0v) is 16.9. The van der Waals surface area contributed by atoms with Gasteiger partial charge in [-0.05, 0) is 68.8 Å². The number of hydrogen-bond acceptors (Lipinski definition) is 4. The second-order valence-electron chi connectivity index (χ2n) is 7.80. The van der Waals surface area contributed by atoms with Gasteiger partial charge < -0.3 is 14.4 Å². The summed E-state index contributed by atoms with van der Waals surface area (Å²) in [6.45, 7) is 6.43. The summed E-state index contributed by atoms with van der Waals surface area (Å²) in [5.74, 6) is 1.95. The highest BCUT2D eigenvalue weighted by Crippen LogP contribution is 2.42. The number of piperidine rings is 1. The zero-order chi connectivity index (χ0) is 19.1. The molecule has 2 aliphatic rings. The predicted octanol–water partition coefficient (Wildman–Crippen LogP) is 3.96. The first-order valence-electron chi connectivity index (χ1n) is 9.62. The Balaban J connectivity index is 1.91. The second-order valence-corrected chi connectivity index (χ2v) is 7.80. The van der Waals surface area contributed by atoms with Crippen LogP contribution in [0.15, 0.2) is 35.3 Å². The third kappa shape index (κ3) is 3.12. The summed E-state index contributed by atoms with van der Waals surface area (Å²) in [4.78, 5) is 7.65. The summed E-state index contributed by atoms with van der Waals surface area (Å²) in [7, 11) is 5.59. The number of likely N-dealkylation sites (tertiary alicyclic amines) is 1. The molecule has 27 heavy (non-hydrogen) atoms. The summed E-state index contributed by atoms with van der Waals surface area (Å²) in [6, 6.07) is 11.2. The monoisotopic (exact) mass is 364 g/mol. The van der Waals surface area contributed by atoms with Crippen LogP contribution in [0.3, 0.4) is 0 Å². The molecule has 1 saturated heterocycles. The van der Waals surface area contributed by atoms with Crippen molar-refractivity contribution in [3.8, 4) is 11.5 Å². The normalized spacial score (nSPS) is 21.9. The minimum Gasteiger partial charge on any atom is -0.493 e. The molecule has 0 unspecified atom stereocenters. The van der Waals surface area contributed by atoms with Crippen LogP contribution in [-0.4, -0.2) is 51.0 Å². The van der Waals surface area contributed by atoms with E-state index in [0.717, 1.165) is 36.7 Å². The van der Waals surface area contributed by atoms with Gasteiger partial charge in [-0.15, -0.1) is 0 Å². The zero-order valence-electron chi connectivity index (χ0n) is 16.9. The Kier molecular flexibility index (Phi) is 4.68. The number of aryl methyl sites for hydroxylation is 2. The van der Waals surface area contributed by atoms with Gasteiger partial charge in [0.15, 0.2) is 11.5 Å². The Bertz CT molecular complexity index is 903.